The number of halogens is 1. The molecule has 0 N–H and O–H groups in total. The van der Waals surface area contributed by atoms with Gasteiger partial charge in [0.1, 0.15) is 5.82 Å². The number of thiazole rings is 1. The summed E-state index contributed by atoms with van der Waals surface area (Å²) in [6, 6.07) is 6.52. The molecule has 0 spiro atoms. The van der Waals surface area contributed by atoms with Crippen LogP contribution in [0.3, 0.4) is 0 Å². The minimum atomic E-state index is -0.301. The Morgan fingerprint density at radius 1 is 1.45 bits per heavy atom. The van der Waals surface area contributed by atoms with Crippen LogP contribution in [0.1, 0.15) is 6.42 Å². The smallest absolute Gasteiger partial charge is 0.229 e. The van der Waals surface area contributed by atoms with Crippen molar-refractivity contribution in [3.8, 4) is 11.3 Å². The molecule has 1 saturated heterocycles. The molecular weight excluding hydrogens is 295 g/mol. The van der Waals surface area contributed by atoms with Crippen molar-refractivity contribution >= 4 is 35.0 Å². The van der Waals surface area contributed by atoms with Gasteiger partial charge >= 0.3 is 0 Å². The molecule has 0 bridgehead atoms. The van der Waals surface area contributed by atoms with Crippen LogP contribution in [0, 0.1) is 11.7 Å². The maximum Gasteiger partial charge on any atom is 0.229 e. The molecule has 1 aromatic heterocycles. The monoisotopic (exact) mass is 308 g/mol. The van der Waals surface area contributed by atoms with Gasteiger partial charge < -0.3 is 0 Å². The molecule has 1 unspecified atom stereocenters. The van der Waals surface area contributed by atoms with E-state index in [4.69, 9.17) is 0 Å². The van der Waals surface area contributed by atoms with Gasteiger partial charge in [0.05, 0.1) is 5.69 Å². The molecule has 3 nitrogen and oxygen atoms in total. The van der Waals surface area contributed by atoms with Crippen molar-refractivity contribution < 1.29 is 9.18 Å². The van der Waals surface area contributed by atoms with Gasteiger partial charge in [-0.25, -0.2) is 9.37 Å². The van der Waals surface area contributed by atoms with Crippen LogP contribution in [0.5, 0.6) is 0 Å². The second-order valence-corrected chi connectivity index (χ2v) is 5.95. The predicted octanol–water partition coefficient (Wildman–Crippen LogP) is 3.23. The lowest BCUT2D eigenvalue weighted by Gasteiger charge is -2.11. The molecule has 2 aromatic rings. The Hall–Kier alpha value is -1.40. The van der Waals surface area contributed by atoms with E-state index in [0.29, 0.717) is 35.1 Å². The molecule has 20 heavy (non-hydrogen) atoms. The van der Waals surface area contributed by atoms with Crippen LogP contribution >= 0.6 is 24.0 Å². The van der Waals surface area contributed by atoms with Crippen molar-refractivity contribution in [2.45, 2.75) is 6.42 Å². The Kier molecular flexibility index (Phi) is 3.76. The molecule has 0 saturated carbocycles. The third-order valence-electron chi connectivity index (χ3n) is 3.34. The molecular formula is C14H13FN2OS2. The lowest BCUT2D eigenvalue weighted by molar-refractivity contribution is -0.117. The largest absolute Gasteiger partial charge is 0.288 e. The van der Waals surface area contributed by atoms with Crippen LogP contribution < -0.4 is 4.90 Å². The molecule has 2 heterocycles. The first-order chi connectivity index (χ1) is 9.69. The fourth-order valence-corrected chi connectivity index (χ4v) is 3.37. The minimum absolute atomic E-state index is 0.0680. The van der Waals surface area contributed by atoms with Crippen molar-refractivity contribution in [2.24, 2.45) is 5.92 Å². The summed E-state index contributed by atoms with van der Waals surface area (Å²) in [5, 5.41) is 2.42. The first-order valence-corrected chi connectivity index (χ1v) is 7.82. The molecule has 1 aromatic carbocycles. The molecule has 1 fully saturated rings. The number of hydrogen-bond donors (Lipinski definition) is 1. The second-order valence-electron chi connectivity index (χ2n) is 4.75. The highest BCUT2D eigenvalue weighted by Crippen LogP contribution is 2.32. The number of thiol groups is 1. The summed E-state index contributed by atoms with van der Waals surface area (Å²) in [5.41, 5.74) is 1.04. The summed E-state index contributed by atoms with van der Waals surface area (Å²) >= 11 is 5.61. The van der Waals surface area contributed by atoms with E-state index in [1.165, 1.54) is 17.4 Å². The Balaban J connectivity index is 1.88. The predicted molar refractivity (Wildman–Crippen MR) is 81.8 cm³/mol. The van der Waals surface area contributed by atoms with E-state index in [1.54, 1.807) is 28.5 Å². The van der Waals surface area contributed by atoms with E-state index in [-0.39, 0.29) is 17.6 Å². The number of amides is 1. The molecule has 1 aliphatic rings. The second kappa shape index (κ2) is 5.54. The SMILES string of the molecule is O=C1CC(CS)CN1c1nc(-c2ccccc2F)cs1. The van der Waals surface area contributed by atoms with Gasteiger partial charge in [0, 0.05) is 23.9 Å². The van der Waals surface area contributed by atoms with Crippen LogP contribution in [0.15, 0.2) is 29.6 Å². The van der Waals surface area contributed by atoms with E-state index in [1.807, 2.05) is 0 Å². The van der Waals surface area contributed by atoms with Gasteiger partial charge in [0.2, 0.25) is 5.91 Å². The van der Waals surface area contributed by atoms with Crippen LogP contribution in [0.4, 0.5) is 9.52 Å². The number of carbonyl (C=O) groups excluding carboxylic acids is 1. The van der Waals surface area contributed by atoms with E-state index in [2.05, 4.69) is 17.6 Å². The fourth-order valence-electron chi connectivity index (χ4n) is 2.27. The molecule has 1 aliphatic heterocycles. The average molecular weight is 308 g/mol. The summed E-state index contributed by atoms with van der Waals surface area (Å²) in [7, 11) is 0. The maximum absolute atomic E-state index is 13.7. The van der Waals surface area contributed by atoms with Crippen LogP contribution in [0.25, 0.3) is 11.3 Å². The van der Waals surface area contributed by atoms with Crippen molar-refractivity contribution in [1.29, 1.82) is 0 Å². The quantitative estimate of drug-likeness (QED) is 0.883. The normalized spacial score (nSPS) is 18.8. The number of benzene rings is 1. The van der Waals surface area contributed by atoms with Crippen molar-refractivity contribution in [3.63, 3.8) is 0 Å². The first kappa shape index (κ1) is 13.6. The highest BCUT2D eigenvalue weighted by atomic mass is 32.1. The Labute approximate surface area is 125 Å². The van der Waals surface area contributed by atoms with E-state index < -0.39 is 0 Å². The van der Waals surface area contributed by atoms with Gasteiger partial charge in [-0.2, -0.15) is 12.6 Å². The molecule has 104 valence electrons. The van der Waals surface area contributed by atoms with Crippen molar-refractivity contribution in [2.75, 3.05) is 17.2 Å². The first-order valence-electron chi connectivity index (χ1n) is 6.30. The zero-order valence-corrected chi connectivity index (χ0v) is 12.3. The minimum Gasteiger partial charge on any atom is -0.288 e. The topological polar surface area (TPSA) is 33.2 Å². The molecule has 3 rings (SSSR count). The van der Waals surface area contributed by atoms with Crippen LogP contribution in [-0.2, 0) is 4.79 Å². The summed E-state index contributed by atoms with van der Waals surface area (Å²) in [6.45, 7) is 0.645. The van der Waals surface area contributed by atoms with Crippen molar-refractivity contribution in [1.82, 2.24) is 4.98 Å². The lowest BCUT2D eigenvalue weighted by atomic mass is 10.1. The van der Waals surface area contributed by atoms with Gasteiger partial charge in [-0.1, -0.05) is 12.1 Å². The number of aromatic nitrogens is 1. The average Bonchev–Trinajstić information content (AvgIpc) is 3.05. The summed E-state index contributed by atoms with van der Waals surface area (Å²) in [5.74, 6) is 0.726. The Morgan fingerprint density at radius 2 is 2.25 bits per heavy atom. The third kappa shape index (κ3) is 2.45. The maximum atomic E-state index is 13.7. The van der Waals surface area contributed by atoms with Crippen LogP contribution in [-0.4, -0.2) is 23.2 Å². The number of carbonyl (C=O) groups is 1. The van der Waals surface area contributed by atoms with Gasteiger partial charge in [-0.05, 0) is 23.8 Å². The summed E-state index contributed by atoms with van der Waals surface area (Å²) < 4.78 is 13.7. The fraction of sp³-hybridized carbons (Fsp3) is 0.286. The van der Waals surface area contributed by atoms with E-state index in [9.17, 15) is 9.18 Å². The number of rotatable bonds is 3. The molecule has 0 radical (unpaired) electrons. The molecule has 6 heteroatoms. The summed E-state index contributed by atoms with van der Waals surface area (Å²) in [6.07, 6.45) is 0.512. The van der Waals surface area contributed by atoms with Gasteiger partial charge in [0.15, 0.2) is 5.13 Å². The number of anilines is 1. The molecule has 1 amide bonds. The standard InChI is InChI=1S/C14H13FN2OS2/c15-11-4-2-1-3-10(11)12-8-20-14(16-12)17-6-9(7-19)5-13(17)18/h1-4,8-9,19H,5-7H2. The highest BCUT2D eigenvalue weighted by molar-refractivity contribution is 7.80. The Bertz CT molecular complexity index is 644. The third-order valence-corrected chi connectivity index (χ3v) is 4.72. The summed E-state index contributed by atoms with van der Waals surface area (Å²) in [4.78, 5) is 18.0. The van der Waals surface area contributed by atoms with Gasteiger partial charge in [-0.3, -0.25) is 9.69 Å². The van der Waals surface area contributed by atoms with E-state index in [0.717, 1.165) is 0 Å². The number of hydrogen-bond acceptors (Lipinski definition) is 4. The number of nitrogens with zero attached hydrogens (tertiary/aromatic N) is 2. The van der Waals surface area contributed by atoms with Gasteiger partial charge in [-0.15, -0.1) is 11.3 Å². The van der Waals surface area contributed by atoms with E-state index >= 15 is 0 Å². The molecule has 1 atom stereocenters. The van der Waals surface area contributed by atoms with Crippen LogP contribution in [0.2, 0.25) is 0 Å². The Morgan fingerprint density at radius 3 is 2.95 bits per heavy atom. The lowest BCUT2D eigenvalue weighted by Crippen LogP contribution is -2.24. The molecule has 0 aliphatic carbocycles. The zero-order valence-electron chi connectivity index (χ0n) is 10.6. The van der Waals surface area contributed by atoms with Crippen molar-refractivity contribution in [3.05, 3.63) is 35.5 Å². The van der Waals surface area contributed by atoms with Gasteiger partial charge in [0.25, 0.3) is 0 Å². The highest BCUT2D eigenvalue weighted by Gasteiger charge is 2.31. The zero-order chi connectivity index (χ0) is 14.1.